The van der Waals surface area contributed by atoms with Gasteiger partial charge in [-0.2, -0.15) is 0 Å². The van der Waals surface area contributed by atoms with E-state index in [-0.39, 0.29) is 17.1 Å². The summed E-state index contributed by atoms with van der Waals surface area (Å²) >= 11 is 0. The minimum atomic E-state index is -0.618. The van der Waals surface area contributed by atoms with E-state index in [0.29, 0.717) is 0 Å². The molecule has 1 unspecified atom stereocenters. The van der Waals surface area contributed by atoms with Crippen LogP contribution < -0.4 is 0 Å². The molecule has 0 spiro atoms. The van der Waals surface area contributed by atoms with Gasteiger partial charge in [0.15, 0.2) is 0 Å². The molecule has 0 aromatic rings. The van der Waals surface area contributed by atoms with Crippen LogP contribution in [0.5, 0.6) is 0 Å². The predicted molar refractivity (Wildman–Crippen MR) is 49.8 cm³/mol. The molecule has 1 aliphatic rings. The van der Waals surface area contributed by atoms with Crippen LogP contribution in [-0.4, -0.2) is 31.3 Å². The molecule has 0 saturated carbocycles. The average molecular weight is 176 g/mol. The van der Waals surface area contributed by atoms with Crippen molar-refractivity contribution in [1.29, 1.82) is 0 Å². The van der Waals surface area contributed by atoms with Crippen LogP contribution in [0.15, 0.2) is 0 Å². The first-order valence-electron chi connectivity index (χ1n) is 3.71. The molecule has 1 rings (SSSR count). The van der Waals surface area contributed by atoms with Crippen molar-refractivity contribution in [2.24, 2.45) is 0 Å². The molecular weight excluding hydrogens is 160 g/mol. The first kappa shape index (κ1) is 7.71. The van der Waals surface area contributed by atoms with Crippen LogP contribution in [0, 0.1) is 0 Å². The molecule has 1 saturated heterocycles. The lowest BCUT2D eigenvalue weighted by atomic mass is 10.9. The predicted octanol–water partition coefficient (Wildman–Crippen LogP) is 0.241. The highest BCUT2D eigenvalue weighted by molar-refractivity contribution is 7.50. The highest BCUT2D eigenvalue weighted by Crippen LogP contribution is 2.16. The molecule has 0 N–H and O–H groups in total. The Morgan fingerprint density at radius 2 is 2.22 bits per heavy atom. The molecule has 0 bridgehead atoms. The van der Waals surface area contributed by atoms with Crippen molar-refractivity contribution in [3.05, 3.63) is 0 Å². The third kappa shape index (κ3) is 1.76. The Morgan fingerprint density at radius 3 is 2.56 bits per heavy atom. The maximum Gasteiger partial charge on any atom is 0.144 e. The Hall–Kier alpha value is 0.611. The summed E-state index contributed by atoms with van der Waals surface area (Å²) < 4.78 is 5.55. The van der Waals surface area contributed by atoms with Gasteiger partial charge >= 0.3 is 0 Å². The minimum Gasteiger partial charge on any atom is -0.428 e. The average Bonchev–Trinajstić information content (AvgIpc) is 1.77. The summed E-state index contributed by atoms with van der Waals surface area (Å²) in [6.45, 7) is 8.75. The topological polar surface area (TPSA) is 9.23 Å². The molecule has 1 aliphatic heterocycles. The first-order valence-corrected chi connectivity index (χ1v) is 13.7. The second-order valence-corrected chi connectivity index (χ2v) is 25.5. The van der Waals surface area contributed by atoms with Crippen molar-refractivity contribution in [3.8, 4) is 0 Å². The summed E-state index contributed by atoms with van der Waals surface area (Å²) in [7, 11) is -0.837. The Kier molecular flexibility index (Phi) is 2.31. The Balaban J connectivity index is 2.49. The van der Waals surface area contributed by atoms with Crippen molar-refractivity contribution in [2.45, 2.75) is 25.7 Å². The van der Waals surface area contributed by atoms with E-state index < -0.39 is 7.59 Å². The fourth-order valence-electron chi connectivity index (χ4n) is 1.07. The highest BCUT2D eigenvalue weighted by atomic mass is 29.6. The first-order chi connectivity index (χ1) is 4.13. The van der Waals surface area contributed by atoms with Crippen LogP contribution in [-0.2, 0) is 4.43 Å². The van der Waals surface area contributed by atoms with Gasteiger partial charge < -0.3 is 4.43 Å². The van der Waals surface area contributed by atoms with Crippen LogP contribution in [0.1, 0.15) is 0 Å². The van der Waals surface area contributed by atoms with Crippen LogP contribution >= 0.6 is 0 Å². The van der Waals surface area contributed by atoms with Gasteiger partial charge in [0.05, 0.1) is 0 Å². The van der Waals surface area contributed by atoms with Crippen molar-refractivity contribution >= 4 is 24.7 Å². The lowest BCUT2D eigenvalue weighted by Gasteiger charge is -2.32. The van der Waals surface area contributed by atoms with E-state index in [1.54, 1.807) is 0 Å². The second-order valence-electron chi connectivity index (χ2n) is 3.71. The molecule has 0 aromatic carbocycles. The van der Waals surface area contributed by atoms with E-state index in [1.165, 1.54) is 6.04 Å². The Bertz CT molecular complexity index is 104. The van der Waals surface area contributed by atoms with Crippen molar-refractivity contribution in [1.82, 2.24) is 0 Å². The van der Waals surface area contributed by atoms with Crippen LogP contribution in [0.3, 0.4) is 0 Å². The summed E-state index contributed by atoms with van der Waals surface area (Å²) in [5.74, 6) is 0. The molecule has 0 amide bonds. The van der Waals surface area contributed by atoms with Crippen molar-refractivity contribution < 1.29 is 4.43 Å². The lowest BCUT2D eigenvalue weighted by molar-refractivity contribution is 0.365. The standard InChI is InChI=1S/C5H16OSi3/c1-8-7-6-4-5-9(8,2)3/h8H,4-5,7H2,1-3H3. The van der Waals surface area contributed by atoms with Crippen molar-refractivity contribution in [3.63, 3.8) is 0 Å². The largest absolute Gasteiger partial charge is 0.428 e. The molecule has 54 valence electrons. The van der Waals surface area contributed by atoms with Gasteiger partial charge in [0.2, 0.25) is 0 Å². The summed E-state index contributed by atoms with van der Waals surface area (Å²) in [5, 5.41) is 0. The van der Waals surface area contributed by atoms with E-state index >= 15 is 0 Å². The van der Waals surface area contributed by atoms with Gasteiger partial charge in [0.25, 0.3) is 0 Å². The zero-order valence-corrected chi connectivity index (χ0v) is 10.2. The number of hydrogen-bond acceptors (Lipinski definition) is 1. The van der Waals surface area contributed by atoms with E-state index in [1.807, 2.05) is 0 Å². The normalized spacial score (nSPS) is 37.0. The molecular formula is C5H16OSi3. The van der Waals surface area contributed by atoms with Crippen LogP contribution in [0.4, 0.5) is 0 Å². The SMILES string of the molecule is C[SiH]1[SiH2]OCC[Si]1(C)C. The van der Waals surface area contributed by atoms with Crippen molar-refractivity contribution in [2.75, 3.05) is 6.61 Å². The summed E-state index contributed by atoms with van der Waals surface area (Å²) in [6, 6.07) is 1.45. The lowest BCUT2D eigenvalue weighted by Crippen LogP contribution is -2.52. The minimum absolute atomic E-state index is 0.0293. The van der Waals surface area contributed by atoms with Gasteiger partial charge in [-0.05, 0) is 6.04 Å². The van der Waals surface area contributed by atoms with Gasteiger partial charge in [-0.1, -0.05) is 19.6 Å². The highest BCUT2D eigenvalue weighted by Gasteiger charge is 2.32. The molecule has 0 radical (unpaired) electrons. The Labute approximate surface area is 61.9 Å². The molecule has 1 heterocycles. The van der Waals surface area contributed by atoms with Gasteiger partial charge in [0, 0.05) is 22.0 Å². The zero-order chi connectivity index (χ0) is 6.91. The molecule has 1 fully saturated rings. The second kappa shape index (κ2) is 2.69. The van der Waals surface area contributed by atoms with Gasteiger partial charge in [-0.25, -0.2) is 0 Å². The van der Waals surface area contributed by atoms with Gasteiger partial charge in [-0.15, -0.1) is 0 Å². The summed E-state index contributed by atoms with van der Waals surface area (Å²) in [6.07, 6.45) is 0. The van der Waals surface area contributed by atoms with Crippen LogP contribution in [0.25, 0.3) is 0 Å². The molecule has 9 heavy (non-hydrogen) atoms. The molecule has 1 atom stereocenters. The molecule has 0 aliphatic carbocycles. The zero-order valence-electron chi connectivity index (χ0n) is 6.61. The smallest absolute Gasteiger partial charge is 0.144 e. The molecule has 4 heteroatoms. The van der Waals surface area contributed by atoms with E-state index in [0.717, 1.165) is 6.61 Å². The van der Waals surface area contributed by atoms with Gasteiger partial charge in [0.1, 0.15) is 9.28 Å². The molecule has 1 nitrogen and oxygen atoms in total. The third-order valence-corrected chi connectivity index (χ3v) is 30.3. The van der Waals surface area contributed by atoms with Gasteiger partial charge in [-0.3, -0.25) is 0 Å². The fraction of sp³-hybridized carbons (Fsp3) is 1.00. The number of hydrogen-bond donors (Lipinski definition) is 0. The Morgan fingerprint density at radius 1 is 1.56 bits per heavy atom. The van der Waals surface area contributed by atoms with E-state index in [2.05, 4.69) is 19.6 Å². The van der Waals surface area contributed by atoms with E-state index in [4.69, 9.17) is 4.43 Å². The fourth-order valence-corrected chi connectivity index (χ4v) is 15.3. The summed E-state index contributed by atoms with van der Waals surface area (Å²) in [5.41, 5.74) is 0. The maximum atomic E-state index is 5.55. The third-order valence-electron chi connectivity index (χ3n) is 2.59. The van der Waals surface area contributed by atoms with E-state index in [9.17, 15) is 0 Å². The number of rotatable bonds is 0. The maximum absolute atomic E-state index is 5.55. The summed E-state index contributed by atoms with van der Waals surface area (Å²) in [4.78, 5) is 0. The molecule has 0 aromatic heterocycles. The quantitative estimate of drug-likeness (QED) is 0.481. The van der Waals surface area contributed by atoms with Crippen LogP contribution in [0.2, 0.25) is 25.7 Å². The monoisotopic (exact) mass is 176 g/mol.